The summed E-state index contributed by atoms with van der Waals surface area (Å²) in [4.78, 5) is 33.9. The topological polar surface area (TPSA) is 123 Å². The molecule has 9 nitrogen and oxygen atoms in total. The molecule has 0 radical (unpaired) electrons. The van der Waals surface area contributed by atoms with E-state index >= 15 is 0 Å². The van der Waals surface area contributed by atoms with E-state index in [0.717, 1.165) is 0 Å². The molecule has 130 valence electrons. The lowest BCUT2D eigenvalue weighted by Gasteiger charge is -2.10. The standard InChI is InChI=1S/C14H12N4O5S2/c19-12(8-23-10-5-3-9(4-6-10)18(21)22)15-14(24)17-16-13(20)11-2-1-7-25-11/h1-7H,8H2,(H,16,20)(H2,15,17,19,24). The SMILES string of the molecule is O=C(COc1ccc([N+](=O)[O-])cc1)NC(=S)NNC(=O)c1cccs1. The first kappa shape index (κ1) is 18.3. The van der Waals surface area contributed by atoms with E-state index in [0.29, 0.717) is 10.6 Å². The lowest BCUT2D eigenvalue weighted by molar-refractivity contribution is -0.384. The zero-order valence-corrected chi connectivity index (χ0v) is 14.2. The quantitative estimate of drug-likeness (QED) is 0.407. The summed E-state index contributed by atoms with van der Waals surface area (Å²) < 4.78 is 5.18. The van der Waals surface area contributed by atoms with E-state index in [1.165, 1.54) is 35.6 Å². The smallest absolute Gasteiger partial charge is 0.279 e. The zero-order chi connectivity index (χ0) is 18.2. The lowest BCUT2D eigenvalue weighted by Crippen LogP contribution is -2.49. The highest BCUT2D eigenvalue weighted by Gasteiger charge is 2.10. The second-order valence-corrected chi connectivity index (χ2v) is 5.83. The molecule has 2 amide bonds. The van der Waals surface area contributed by atoms with Gasteiger partial charge < -0.3 is 4.74 Å². The molecule has 0 saturated heterocycles. The number of amides is 2. The number of hydrogen-bond donors (Lipinski definition) is 3. The highest BCUT2D eigenvalue weighted by Crippen LogP contribution is 2.17. The fourth-order valence-corrected chi connectivity index (χ4v) is 2.37. The van der Waals surface area contributed by atoms with Crippen LogP contribution in [-0.4, -0.2) is 28.5 Å². The van der Waals surface area contributed by atoms with Gasteiger partial charge in [-0.25, -0.2) is 0 Å². The lowest BCUT2D eigenvalue weighted by atomic mass is 10.3. The van der Waals surface area contributed by atoms with Crippen molar-refractivity contribution in [3.8, 4) is 5.75 Å². The van der Waals surface area contributed by atoms with Gasteiger partial charge in [0, 0.05) is 12.1 Å². The monoisotopic (exact) mass is 380 g/mol. The number of rotatable bonds is 5. The summed E-state index contributed by atoms with van der Waals surface area (Å²) in [7, 11) is 0. The van der Waals surface area contributed by atoms with Crippen molar-refractivity contribution in [2.45, 2.75) is 0 Å². The third kappa shape index (κ3) is 5.82. The van der Waals surface area contributed by atoms with Crippen LogP contribution in [0.15, 0.2) is 41.8 Å². The molecule has 11 heteroatoms. The number of carbonyl (C=O) groups excluding carboxylic acids is 2. The molecular weight excluding hydrogens is 368 g/mol. The number of carbonyl (C=O) groups is 2. The number of ether oxygens (including phenoxy) is 1. The van der Waals surface area contributed by atoms with Crippen LogP contribution in [0.4, 0.5) is 5.69 Å². The van der Waals surface area contributed by atoms with Gasteiger partial charge in [0.25, 0.3) is 17.5 Å². The number of thiophene rings is 1. The van der Waals surface area contributed by atoms with Gasteiger partial charge in [0.2, 0.25) is 0 Å². The normalized spacial score (nSPS) is 9.76. The van der Waals surface area contributed by atoms with Crippen LogP contribution in [0, 0.1) is 10.1 Å². The number of hydrogen-bond acceptors (Lipinski definition) is 7. The fraction of sp³-hybridized carbons (Fsp3) is 0.0714. The van der Waals surface area contributed by atoms with Crippen molar-refractivity contribution < 1.29 is 19.2 Å². The van der Waals surface area contributed by atoms with E-state index in [9.17, 15) is 19.7 Å². The molecule has 0 fully saturated rings. The molecule has 2 aromatic rings. The molecule has 2 rings (SSSR count). The van der Waals surface area contributed by atoms with Crippen LogP contribution in [-0.2, 0) is 4.79 Å². The third-order valence-electron chi connectivity index (χ3n) is 2.70. The van der Waals surface area contributed by atoms with Gasteiger partial charge in [-0.1, -0.05) is 6.07 Å². The van der Waals surface area contributed by atoms with Crippen molar-refractivity contribution in [1.29, 1.82) is 0 Å². The Morgan fingerprint density at radius 1 is 1.20 bits per heavy atom. The van der Waals surface area contributed by atoms with Gasteiger partial charge in [-0.3, -0.25) is 35.9 Å². The van der Waals surface area contributed by atoms with Gasteiger partial charge in [0.1, 0.15) is 5.75 Å². The Labute approximate surface area is 151 Å². The van der Waals surface area contributed by atoms with Gasteiger partial charge in [-0.2, -0.15) is 0 Å². The van der Waals surface area contributed by atoms with Crippen LogP contribution in [0.25, 0.3) is 0 Å². The molecule has 0 spiro atoms. The van der Waals surface area contributed by atoms with E-state index in [1.807, 2.05) is 0 Å². The summed E-state index contributed by atoms with van der Waals surface area (Å²) in [5, 5.41) is 14.5. The minimum Gasteiger partial charge on any atom is -0.484 e. The van der Waals surface area contributed by atoms with Gasteiger partial charge in [0.05, 0.1) is 9.80 Å². The number of hydrazine groups is 1. The Kier molecular flexibility index (Phi) is 6.37. The Morgan fingerprint density at radius 2 is 1.92 bits per heavy atom. The van der Waals surface area contributed by atoms with Crippen LogP contribution >= 0.6 is 23.6 Å². The van der Waals surface area contributed by atoms with Crippen molar-refractivity contribution in [2.24, 2.45) is 0 Å². The van der Waals surface area contributed by atoms with Gasteiger partial charge in [-0.15, -0.1) is 11.3 Å². The first-order chi connectivity index (χ1) is 12.0. The highest BCUT2D eigenvalue weighted by atomic mass is 32.1. The number of nitro groups is 1. The molecule has 1 aromatic carbocycles. The third-order valence-corrected chi connectivity index (χ3v) is 3.78. The summed E-state index contributed by atoms with van der Waals surface area (Å²) in [5.41, 5.74) is 4.66. The maximum absolute atomic E-state index is 11.7. The second-order valence-electron chi connectivity index (χ2n) is 4.47. The molecule has 1 aromatic heterocycles. The van der Waals surface area contributed by atoms with Crippen molar-refractivity contribution in [3.05, 3.63) is 56.8 Å². The van der Waals surface area contributed by atoms with Gasteiger partial charge >= 0.3 is 0 Å². The molecule has 0 aliphatic rings. The van der Waals surface area contributed by atoms with Crippen LogP contribution < -0.4 is 20.9 Å². The summed E-state index contributed by atoms with van der Waals surface area (Å²) in [6.07, 6.45) is 0. The van der Waals surface area contributed by atoms with Crippen LogP contribution in [0.2, 0.25) is 0 Å². The largest absolute Gasteiger partial charge is 0.484 e. The molecule has 0 bridgehead atoms. The summed E-state index contributed by atoms with van der Waals surface area (Å²) in [5.74, 6) is -0.638. The Hall–Kier alpha value is -3.05. The number of non-ortho nitro benzene ring substituents is 1. The number of benzene rings is 1. The van der Waals surface area contributed by atoms with E-state index in [2.05, 4.69) is 16.2 Å². The van der Waals surface area contributed by atoms with Crippen molar-refractivity contribution in [2.75, 3.05) is 6.61 Å². The molecule has 1 heterocycles. The predicted molar refractivity (Wildman–Crippen MR) is 94.3 cm³/mol. The molecule has 0 aliphatic carbocycles. The number of thiocarbonyl (C=S) groups is 1. The predicted octanol–water partition coefficient (Wildman–Crippen LogP) is 1.37. The van der Waals surface area contributed by atoms with Gasteiger partial charge in [-0.05, 0) is 35.8 Å². The maximum atomic E-state index is 11.7. The van der Waals surface area contributed by atoms with E-state index in [-0.39, 0.29) is 23.3 Å². The average Bonchev–Trinajstić information content (AvgIpc) is 3.13. The molecule has 3 N–H and O–H groups in total. The van der Waals surface area contributed by atoms with Crippen molar-refractivity contribution in [1.82, 2.24) is 16.2 Å². The zero-order valence-electron chi connectivity index (χ0n) is 12.6. The second kappa shape index (κ2) is 8.70. The Balaban J connectivity index is 1.71. The summed E-state index contributed by atoms with van der Waals surface area (Å²) in [6, 6.07) is 8.65. The van der Waals surface area contributed by atoms with Crippen LogP contribution in [0.5, 0.6) is 5.75 Å². The van der Waals surface area contributed by atoms with Crippen molar-refractivity contribution >= 4 is 46.2 Å². The average molecular weight is 380 g/mol. The van der Waals surface area contributed by atoms with E-state index in [4.69, 9.17) is 17.0 Å². The molecule has 0 atom stereocenters. The molecule has 25 heavy (non-hydrogen) atoms. The van der Waals surface area contributed by atoms with Gasteiger partial charge in [0.15, 0.2) is 11.7 Å². The number of nitro benzene ring substituents is 1. The Bertz CT molecular complexity index is 777. The minimum atomic E-state index is -0.554. The first-order valence-corrected chi connectivity index (χ1v) is 8.05. The number of nitrogens with zero attached hydrogens (tertiary/aromatic N) is 1. The number of nitrogens with one attached hydrogen (secondary N) is 3. The summed E-state index contributed by atoms with van der Waals surface area (Å²) in [6.45, 7) is -0.349. The first-order valence-electron chi connectivity index (χ1n) is 6.76. The molecule has 0 unspecified atom stereocenters. The fourth-order valence-electron chi connectivity index (χ4n) is 1.59. The molecule has 0 aliphatic heterocycles. The molecule has 0 saturated carbocycles. The van der Waals surface area contributed by atoms with Crippen molar-refractivity contribution in [3.63, 3.8) is 0 Å². The Morgan fingerprint density at radius 3 is 2.52 bits per heavy atom. The van der Waals surface area contributed by atoms with Crippen LogP contribution in [0.3, 0.4) is 0 Å². The van der Waals surface area contributed by atoms with E-state index in [1.54, 1.807) is 17.5 Å². The van der Waals surface area contributed by atoms with Crippen LogP contribution in [0.1, 0.15) is 9.67 Å². The van der Waals surface area contributed by atoms with E-state index < -0.39 is 10.8 Å². The molecular formula is C14H12N4O5S2. The minimum absolute atomic E-state index is 0.0799. The highest BCUT2D eigenvalue weighted by molar-refractivity contribution is 7.80. The summed E-state index contributed by atoms with van der Waals surface area (Å²) >= 11 is 6.13. The maximum Gasteiger partial charge on any atom is 0.279 e.